The number of aromatic nitrogens is 3. The molecule has 0 atom stereocenters. The number of hydrogen-bond donors (Lipinski definition) is 2. The lowest BCUT2D eigenvalue weighted by molar-refractivity contribution is 0.0957. The van der Waals surface area contributed by atoms with Gasteiger partial charge in [0.05, 0.1) is 0 Å². The zero-order chi connectivity index (χ0) is 16.8. The molecule has 1 aliphatic rings. The van der Waals surface area contributed by atoms with Gasteiger partial charge < -0.3 is 15.4 Å². The number of rotatable bonds is 6. The summed E-state index contributed by atoms with van der Waals surface area (Å²) in [7, 11) is 1.56. The van der Waals surface area contributed by atoms with Crippen molar-refractivity contribution in [2.75, 3.05) is 12.4 Å². The first-order valence-electron chi connectivity index (χ1n) is 8.16. The second kappa shape index (κ2) is 7.72. The third-order valence-corrected chi connectivity index (χ3v) is 3.99. The lowest BCUT2D eigenvalue weighted by Gasteiger charge is -2.12. The normalized spacial score (nSPS) is 14.4. The zero-order valence-corrected chi connectivity index (χ0v) is 13.7. The largest absolute Gasteiger partial charge is 0.474 e. The molecule has 0 aliphatic heterocycles. The van der Waals surface area contributed by atoms with Crippen LogP contribution in [0.15, 0.2) is 30.5 Å². The summed E-state index contributed by atoms with van der Waals surface area (Å²) in [5.41, 5.74) is 1.31. The van der Waals surface area contributed by atoms with Crippen molar-refractivity contribution >= 4 is 11.7 Å². The average molecular weight is 327 g/mol. The summed E-state index contributed by atoms with van der Waals surface area (Å²) in [6.45, 7) is 0.574. The predicted octanol–water partition coefficient (Wildman–Crippen LogP) is 2.16. The van der Waals surface area contributed by atoms with Crippen molar-refractivity contribution in [3.63, 3.8) is 0 Å². The van der Waals surface area contributed by atoms with E-state index >= 15 is 0 Å². The van der Waals surface area contributed by atoms with Crippen molar-refractivity contribution in [3.05, 3.63) is 41.7 Å². The van der Waals surface area contributed by atoms with Crippen LogP contribution in [0.1, 0.15) is 41.7 Å². The molecule has 7 heteroatoms. The van der Waals surface area contributed by atoms with Crippen LogP contribution < -0.4 is 15.4 Å². The summed E-state index contributed by atoms with van der Waals surface area (Å²) in [5, 5.41) is 13.5. The van der Waals surface area contributed by atoms with Crippen LogP contribution in [0.5, 0.6) is 5.88 Å². The number of pyridine rings is 1. The molecule has 24 heavy (non-hydrogen) atoms. The van der Waals surface area contributed by atoms with E-state index in [9.17, 15) is 4.79 Å². The van der Waals surface area contributed by atoms with E-state index in [4.69, 9.17) is 4.74 Å². The summed E-state index contributed by atoms with van der Waals surface area (Å²) in [6.07, 6.45) is 6.84. The molecule has 0 saturated heterocycles. The third kappa shape index (κ3) is 4.18. The number of nitrogens with zero attached hydrogens (tertiary/aromatic N) is 3. The number of carbonyl (C=O) groups is 1. The molecule has 0 unspecified atom stereocenters. The highest BCUT2D eigenvalue weighted by Crippen LogP contribution is 2.22. The van der Waals surface area contributed by atoms with E-state index in [-0.39, 0.29) is 11.6 Å². The van der Waals surface area contributed by atoms with Crippen LogP contribution in [0, 0.1) is 0 Å². The minimum Gasteiger partial charge on any atom is -0.474 e. The summed E-state index contributed by atoms with van der Waals surface area (Å²) in [6, 6.07) is 7.24. The Morgan fingerprint density at radius 2 is 2.04 bits per heavy atom. The Bertz CT molecular complexity index is 666. The Labute approximate surface area is 140 Å². The van der Waals surface area contributed by atoms with Gasteiger partial charge in [0.2, 0.25) is 5.88 Å². The Balaban J connectivity index is 1.51. The number of hydrogen-bond acceptors (Lipinski definition) is 6. The van der Waals surface area contributed by atoms with Gasteiger partial charge in [0.15, 0.2) is 5.69 Å². The topological polar surface area (TPSA) is 89.0 Å². The molecule has 2 N–H and O–H groups in total. The zero-order valence-electron chi connectivity index (χ0n) is 13.7. The first-order valence-corrected chi connectivity index (χ1v) is 8.16. The van der Waals surface area contributed by atoms with Gasteiger partial charge >= 0.3 is 0 Å². The molecule has 1 amide bonds. The fraction of sp³-hybridized carbons (Fsp3) is 0.412. The maximum atomic E-state index is 11.4. The standard InChI is InChI=1S/C17H21N5O2/c1-18-17(23)14-7-8-15(22-21-14)19-10-12-6-9-16(20-11-12)24-13-4-2-3-5-13/h6-9,11,13H,2-5,10H2,1H3,(H,18,23)(H,19,22). The van der Waals surface area contributed by atoms with Crippen LogP contribution in [0.3, 0.4) is 0 Å². The SMILES string of the molecule is CNC(=O)c1ccc(NCc2ccc(OC3CCCC3)nc2)nn1. The minimum atomic E-state index is -0.254. The second-order valence-corrected chi connectivity index (χ2v) is 5.77. The van der Waals surface area contributed by atoms with E-state index in [1.807, 2.05) is 12.1 Å². The van der Waals surface area contributed by atoms with Crippen LogP contribution >= 0.6 is 0 Å². The molecule has 2 heterocycles. The first-order chi connectivity index (χ1) is 11.7. The molecule has 3 rings (SSSR count). The van der Waals surface area contributed by atoms with Crippen molar-refractivity contribution in [3.8, 4) is 5.88 Å². The molecule has 1 saturated carbocycles. The molecular weight excluding hydrogens is 306 g/mol. The van der Waals surface area contributed by atoms with Crippen molar-refractivity contribution < 1.29 is 9.53 Å². The van der Waals surface area contributed by atoms with Gasteiger partial charge in [-0.3, -0.25) is 4.79 Å². The molecule has 126 valence electrons. The Hall–Kier alpha value is -2.70. The van der Waals surface area contributed by atoms with Crippen molar-refractivity contribution in [2.45, 2.75) is 38.3 Å². The van der Waals surface area contributed by atoms with E-state index in [2.05, 4.69) is 25.8 Å². The van der Waals surface area contributed by atoms with E-state index in [0.29, 0.717) is 24.3 Å². The molecule has 0 aromatic carbocycles. The van der Waals surface area contributed by atoms with Crippen LogP contribution in [0.2, 0.25) is 0 Å². The Morgan fingerprint density at radius 3 is 2.67 bits per heavy atom. The average Bonchev–Trinajstić information content (AvgIpc) is 3.14. The number of amides is 1. The van der Waals surface area contributed by atoms with Crippen LogP contribution in [0.4, 0.5) is 5.82 Å². The molecule has 2 aromatic heterocycles. The number of ether oxygens (including phenoxy) is 1. The van der Waals surface area contributed by atoms with Gasteiger partial charge in [-0.25, -0.2) is 4.98 Å². The fourth-order valence-corrected chi connectivity index (χ4v) is 2.63. The van der Waals surface area contributed by atoms with Gasteiger partial charge in [-0.1, -0.05) is 6.07 Å². The lowest BCUT2D eigenvalue weighted by Crippen LogP contribution is -2.19. The molecule has 7 nitrogen and oxygen atoms in total. The third-order valence-electron chi connectivity index (χ3n) is 3.99. The summed E-state index contributed by atoms with van der Waals surface area (Å²) in [4.78, 5) is 15.8. The van der Waals surface area contributed by atoms with Crippen molar-refractivity contribution in [2.24, 2.45) is 0 Å². The van der Waals surface area contributed by atoms with Crippen molar-refractivity contribution in [1.82, 2.24) is 20.5 Å². The van der Waals surface area contributed by atoms with Crippen molar-refractivity contribution in [1.29, 1.82) is 0 Å². The fourth-order valence-electron chi connectivity index (χ4n) is 2.63. The van der Waals surface area contributed by atoms with Crippen LogP contribution in [0.25, 0.3) is 0 Å². The minimum absolute atomic E-state index is 0.254. The molecule has 0 radical (unpaired) electrons. The van der Waals surface area contributed by atoms with Gasteiger partial charge in [0.25, 0.3) is 5.91 Å². The Kier molecular flexibility index (Phi) is 5.20. The summed E-state index contributed by atoms with van der Waals surface area (Å²) in [5.74, 6) is 1.03. The van der Waals surface area contributed by atoms with Gasteiger partial charge in [-0.15, -0.1) is 10.2 Å². The molecule has 0 bridgehead atoms. The summed E-state index contributed by atoms with van der Waals surface area (Å²) >= 11 is 0. The van der Waals surface area contributed by atoms with E-state index in [1.54, 1.807) is 25.4 Å². The maximum Gasteiger partial charge on any atom is 0.271 e. The van der Waals surface area contributed by atoms with Gasteiger partial charge in [0.1, 0.15) is 11.9 Å². The molecule has 2 aromatic rings. The Morgan fingerprint density at radius 1 is 1.21 bits per heavy atom. The predicted molar refractivity (Wildman–Crippen MR) is 89.9 cm³/mol. The quantitative estimate of drug-likeness (QED) is 0.845. The number of carbonyl (C=O) groups excluding carboxylic acids is 1. The monoisotopic (exact) mass is 327 g/mol. The van der Waals surface area contributed by atoms with E-state index in [1.165, 1.54) is 12.8 Å². The highest BCUT2D eigenvalue weighted by Gasteiger charge is 2.16. The first kappa shape index (κ1) is 16.2. The highest BCUT2D eigenvalue weighted by atomic mass is 16.5. The number of anilines is 1. The maximum absolute atomic E-state index is 11.4. The summed E-state index contributed by atoms with van der Waals surface area (Å²) < 4.78 is 5.85. The van der Waals surface area contributed by atoms with Gasteiger partial charge in [-0.05, 0) is 43.4 Å². The van der Waals surface area contributed by atoms with E-state index in [0.717, 1.165) is 18.4 Å². The lowest BCUT2D eigenvalue weighted by atomic mass is 10.2. The number of nitrogens with one attached hydrogen (secondary N) is 2. The van der Waals surface area contributed by atoms with Gasteiger partial charge in [0, 0.05) is 25.9 Å². The van der Waals surface area contributed by atoms with Crippen LogP contribution in [-0.2, 0) is 6.54 Å². The highest BCUT2D eigenvalue weighted by molar-refractivity contribution is 5.91. The second-order valence-electron chi connectivity index (χ2n) is 5.77. The molecular formula is C17H21N5O2. The molecule has 0 spiro atoms. The molecule has 1 fully saturated rings. The van der Waals surface area contributed by atoms with Crippen LogP contribution in [-0.4, -0.2) is 34.2 Å². The van der Waals surface area contributed by atoms with Gasteiger partial charge in [-0.2, -0.15) is 0 Å². The smallest absolute Gasteiger partial charge is 0.271 e. The molecule has 1 aliphatic carbocycles. The van der Waals surface area contributed by atoms with E-state index < -0.39 is 0 Å².